The lowest BCUT2D eigenvalue weighted by molar-refractivity contribution is -0.119. The van der Waals surface area contributed by atoms with Crippen LogP contribution in [0.1, 0.15) is 13.8 Å². The van der Waals surface area contributed by atoms with Gasteiger partial charge in [0.1, 0.15) is 5.75 Å². The molecule has 0 bridgehead atoms. The van der Waals surface area contributed by atoms with Crippen LogP contribution in [0.3, 0.4) is 0 Å². The van der Waals surface area contributed by atoms with Gasteiger partial charge < -0.3 is 4.74 Å². The van der Waals surface area contributed by atoms with Crippen molar-refractivity contribution in [1.29, 1.82) is 0 Å². The highest BCUT2D eigenvalue weighted by Crippen LogP contribution is 2.38. The predicted octanol–water partition coefficient (Wildman–Crippen LogP) is 5.69. The number of amides is 1. The Hall–Kier alpha value is -2.33. The molecule has 0 radical (unpaired) electrons. The van der Waals surface area contributed by atoms with Crippen molar-refractivity contribution in [3.05, 3.63) is 66.7 Å². The molecule has 0 N–H and O–H groups in total. The van der Waals surface area contributed by atoms with E-state index < -0.39 is 4.32 Å². The Morgan fingerprint density at radius 3 is 2.28 bits per heavy atom. The number of nitrogens with zero attached hydrogens (tertiary/aromatic N) is 1. The first-order chi connectivity index (χ1) is 11.9. The van der Waals surface area contributed by atoms with Crippen LogP contribution in [-0.2, 0) is 4.79 Å². The van der Waals surface area contributed by atoms with Gasteiger partial charge in [0, 0.05) is 17.1 Å². The summed E-state index contributed by atoms with van der Waals surface area (Å²) in [5, 5.41) is 2.02. The zero-order valence-electron chi connectivity index (χ0n) is 14.5. The average Bonchev–Trinajstić information content (AvgIpc) is 2.61. The van der Waals surface area contributed by atoms with Crippen LogP contribution in [0.2, 0.25) is 0 Å². The van der Waals surface area contributed by atoms with Crippen molar-refractivity contribution in [1.82, 2.24) is 0 Å². The molecule has 0 unspecified atom stereocenters. The fourth-order valence-electron chi connectivity index (χ4n) is 2.78. The van der Waals surface area contributed by atoms with Crippen molar-refractivity contribution in [2.24, 2.45) is 0 Å². The van der Waals surface area contributed by atoms with Gasteiger partial charge in [-0.3, -0.25) is 9.69 Å². The number of rotatable bonds is 4. The first-order valence-corrected chi connectivity index (χ1v) is 8.86. The number of ether oxygens (including phenoxy) is 1. The van der Waals surface area contributed by atoms with E-state index in [2.05, 4.69) is 15.9 Å². The summed E-state index contributed by atoms with van der Waals surface area (Å²) >= 11 is 3.52. The first-order valence-electron chi connectivity index (χ1n) is 8.07. The van der Waals surface area contributed by atoms with E-state index in [1.165, 1.54) is 0 Å². The van der Waals surface area contributed by atoms with E-state index in [9.17, 15) is 4.79 Å². The number of anilines is 2. The van der Waals surface area contributed by atoms with Crippen molar-refractivity contribution in [2.75, 3.05) is 12.0 Å². The van der Waals surface area contributed by atoms with Gasteiger partial charge in [-0.2, -0.15) is 0 Å². The zero-order chi connectivity index (χ0) is 18.0. The van der Waals surface area contributed by atoms with Crippen molar-refractivity contribution in [3.8, 4) is 5.75 Å². The lowest BCUT2D eigenvalue weighted by Gasteiger charge is -2.30. The number of halogens is 1. The molecule has 0 fully saturated rings. The quantitative estimate of drug-likeness (QED) is 0.529. The van der Waals surface area contributed by atoms with E-state index in [0.717, 1.165) is 27.9 Å². The van der Waals surface area contributed by atoms with E-state index in [4.69, 9.17) is 4.74 Å². The molecule has 0 aromatic heterocycles. The van der Waals surface area contributed by atoms with Crippen molar-refractivity contribution < 1.29 is 9.53 Å². The maximum absolute atomic E-state index is 13.2. The largest absolute Gasteiger partial charge is 0.497 e. The Morgan fingerprint density at radius 1 is 1.00 bits per heavy atom. The van der Waals surface area contributed by atoms with E-state index >= 15 is 0 Å². The number of fused-ring (bicyclic) bond motifs is 1. The number of carbonyl (C=O) groups excluding carboxylic acids is 1. The van der Waals surface area contributed by atoms with Gasteiger partial charge in [0.15, 0.2) is 0 Å². The Kier molecular flexibility index (Phi) is 4.82. The molecule has 0 heterocycles. The maximum atomic E-state index is 13.2. The number of methoxy groups -OCH3 is 1. The van der Waals surface area contributed by atoms with Crippen LogP contribution in [0.5, 0.6) is 5.75 Å². The molecule has 0 aliphatic rings. The average molecular weight is 398 g/mol. The summed E-state index contributed by atoms with van der Waals surface area (Å²) in [5.74, 6) is 0.673. The van der Waals surface area contributed by atoms with Crippen LogP contribution in [0.4, 0.5) is 11.4 Å². The number of para-hydroxylation sites is 1. The van der Waals surface area contributed by atoms with Crippen LogP contribution in [0.15, 0.2) is 66.7 Å². The Balaban J connectivity index is 2.30. The number of hydrogen-bond acceptors (Lipinski definition) is 2. The van der Waals surface area contributed by atoms with Crippen molar-refractivity contribution in [3.63, 3.8) is 0 Å². The van der Waals surface area contributed by atoms with E-state index in [0.29, 0.717) is 0 Å². The van der Waals surface area contributed by atoms with E-state index in [1.54, 1.807) is 12.0 Å². The number of benzene rings is 3. The third-order valence-electron chi connectivity index (χ3n) is 4.02. The second kappa shape index (κ2) is 6.89. The van der Waals surface area contributed by atoms with E-state index in [-0.39, 0.29) is 5.91 Å². The smallest absolute Gasteiger partial charge is 0.247 e. The Morgan fingerprint density at radius 2 is 1.64 bits per heavy atom. The molecule has 3 aromatic rings. The highest BCUT2D eigenvalue weighted by molar-refractivity contribution is 9.10. The molecule has 128 valence electrons. The van der Waals surface area contributed by atoms with Crippen LogP contribution in [0, 0.1) is 0 Å². The number of hydrogen-bond donors (Lipinski definition) is 0. The molecule has 0 saturated carbocycles. The van der Waals surface area contributed by atoms with Crippen LogP contribution >= 0.6 is 15.9 Å². The first kappa shape index (κ1) is 17.5. The minimum atomic E-state index is -0.701. The molecular weight excluding hydrogens is 378 g/mol. The van der Waals surface area contributed by atoms with Gasteiger partial charge in [0.2, 0.25) is 5.91 Å². The second-order valence-electron chi connectivity index (χ2n) is 6.32. The summed E-state index contributed by atoms with van der Waals surface area (Å²) in [6.07, 6.45) is 0. The third-order valence-corrected chi connectivity index (χ3v) is 4.36. The lowest BCUT2D eigenvalue weighted by atomic mass is 10.0. The molecule has 0 spiro atoms. The van der Waals surface area contributed by atoms with Gasteiger partial charge in [0.25, 0.3) is 0 Å². The number of alkyl halides is 1. The SMILES string of the molecule is COc1cc(N(C(=O)C(C)(C)Br)c2ccccc2)c2ccccc2c1. The third kappa shape index (κ3) is 3.54. The molecule has 0 aliphatic carbocycles. The molecule has 0 atom stereocenters. The van der Waals surface area contributed by atoms with E-state index in [1.807, 2.05) is 80.6 Å². The molecule has 3 nitrogen and oxygen atoms in total. The molecule has 0 saturated heterocycles. The number of carbonyl (C=O) groups is 1. The standard InChI is InChI=1S/C21H20BrNO2/c1-21(2,22)20(24)23(16-10-5-4-6-11-16)19-14-17(25-3)13-15-9-7-8-12-18(15)19/h4-14H,1-3H3. The monoisotopic (exact) mass is 397 g/mol. The summed E-state index contributed by atoms with van der Waals surface area (Å²) in [7, 11) is 1.64. The molecule has 0 aliphatic heterocycles. The van der Waals surface area contributed by atoms with Gasteiger partial charge in [-0.15, -0.1) is 0 Å². The minimum absolute atomic E-state index is 0.0443. The summed E-state index contributed by atoms with van der Waals surface area (Å²) in [5.41, 5.74) is 1.62. The van der Waals surface area contributed by atoms with Gasteiger partial charge in [-0.05, 0) is 37.4 Å². The molecule has 3 rings (SSSR count). The lowest BCUT2D eigenvalue weighted by Crippen LogP contribution is -2.38. The predicted molar refractivity (Wildman–Crippen MR) is 107 cm³/mol. The summed E-state index contributed by atoms with van der Waals surface area (Å²) in [4.78, 5) is 15.0. The molecule has 3 aromatic carbocycles. The van der Waals surface area contributed by atoms with Gasteiger partial charge >= 0.3 is 0 Å². The fourth-order valence-corrected chi connectivity index (χ4v) is 2.95. The van der Waals surface area contributed by atoms with Crippen molar-refractivity contribution >= 4 is 44.0 Å². The minimum Gasteiger partial charge on any atom is -0.497 e. The molecular formula is C21H20BrNO2. The molecule has 25 heavy (non-hydrogen) atoms. The second-order valence-corrected chi connectivity index (χ2v) is 8.30. The fraction of sp³-hybridized carbons (Fsp3) is 0.190. The topological polar surface area (TPSA) is 29.5 Å². The van der Waals surface area contributed by atoms with Crippen LogP contribution < -0.4 is 9.64 Å². The summed E-state index contributed by atoms with van der Waals surface area (Å²) < 4.78 is 4.76. The normalized spacial score (nSPS) is 11.4. The Bertz CT molecular complexity index is 901. The van der Waals surface area contributed by atoms with Gasteiger partial charge in [-0.25, -0.2) is 0 Å². The Labute approximate surface area is 156 Å². The molecule has 1 amide bonds. The zero-order valence-corrected chi connectivity index (χ0v) is 16.1. The summed E-state index contributed by atoms with van der Waals surface area (Å²) in [6.45, 7) is 3.71. The molecule has 4 heteroatoms. The van der Waals surface area contributed by atoms with Crippen LogP contribution in [0.25, 0.3) is 10.8 Å². The van der Waals surface area contributed by atoms with Gasteiger partial charge in [-0.1, -0.05) is 58.4 Å². The highest BCUT2D eigenvalue weighted by Gasteiger charge is 2.32. The van der Waals surface area contributed by atoms with Crippen molar-refractivity contribution in [2.45, 2.75) is 18.2 Å². The highest BCUT2D eigenvalue weighted by atomic mass is 79.9. The maximum Gasteiger partial charge on any atom is 0.247 e. The summed E-state index contributed by atoms with van der Waals surface area (Å²) in [6, 6.07) is 21.6. The van der Waals surface area contributed by atoms with Crippen LogP contribution in [-0.4, -0.2) is 17.3 Å². The van der Waals surface area contributed by atoms with Gasteiger partial charge in [0.05, 0.1) is 17.1 Å².